The standard InChI is InChI=1S/C14H15N3O3/c1-10-8-15-7-6-11(10)9-16-12-4-3-5-13(20-2)14(12)17(18)19/h3-8,16H,9H2,1-2H3. The molecule has 0 saturated heterocycles. The van der Waals surface area contributed by atoms with E-state index in [1.165, 1.54) is 7.11 Å². The number of nitro benzene ring substituents is 1. The molecule has 2 rings (SSSR count). The van der Waals surface area contributed by atoms with Crippen molar-refractivity contribution < 1.29 is 9.66 Å². The van der Waals surface area contributed by atoms with Crippen molar-refractivity contribution in [3.63, 3.8) is 0 Å². The Bertz CT molecular complexity index is 629. The normalized spacial score (nSPS) is 10.1. The molecule has 0 aliphatic heterocycles. The van der Waals surface area contributed by atoms with E-state index in [0.29, 0.717) is 12.2 Å². The van der Waals surface area contributed by atoms with E-state index in [9.17, 15) is 10.1 Å². The topological polar surface area (TPSA) is 77.3 Å². The van der Waals surface area contributed by atoms with E-state index in [0.717, 1.165) is 11.1 Å². The third-order valence-electron chi connectivity index (χ3n) is 3.01. The summed E-state index contributed by atoms with van der Waals surface area (Å²) < 4.78 is 5.03. The lowest BCUT2D eigenvalue weighted by Crippen LogP contribution is -2.05. The van der Waals surface area contributed by atoms with E-state index in [-0.39, 0.29) is 11.4 Å². The van der Waals surface area contributed by atoms with Gasteiger partial charge in [-0.05, 0) is 36.2 Å². The van der Waals surface area contributed by atoms with Crippen molar-refractivity contribution in [2.24, 2.45) is 0 Å². The van der Waals surface area contributed by atoms with Crippen LogP contribution in [0.4, 0.5) is 11.4 Å². The third kappa shape index (κ3) is 2.85. The average Bonchev–Trinajstić information content (AvgIpc) is 2.45. The lowest BCUT2D eigenvalue weighted by atomic mass is 10.1. The largest absolute Gasteiger partial charge is 0.490 e. The number of anilines is 1. The number of nitrogens with zero attached hydrogens (tertiary/aromatic N) is 2. The van der Waals surface area contributed by atoms with Gasteiger partial charge in [-0.3, -0.25) is 15.1 Å². The molecule has 0 atom stereocenters. The maximum atomic E-state index is 11.2. The van der Waals surface area contributed by atoms with Crippen molar-refractivity contribution in [1.82, 2.24) is 4.98 Å². The number of aryl methyl sites for hydroxylation is 1. The van der Waals surface area contributed by atoms with Crippen LogP contribution in [0.5, 0.6) is 5.75 Å². The molecule has 2 aromatic rings. The van der Waals surface area contributed by atoms with Crippen LogP contribution in [0.15, 0.2) is 36.7 Å². The average molecular weight is 273 g/mol. The lowest BCUT2D eigenvalue weighted by molar-refractivity contribution is -0.384. The Hall–Kier alpha value is -2.63. The molecule has 104 valence electrons. The minimum Gasteiger partial charge on any atom is -0.490 e. The maximum absolute atomic E-state index is 11.2. The highest BCUT2D eigenvalue weighted by Gasteiger charge is 2.20. The molecule has 0 spiro atoms. The number of nitro groups is 1. The molecule has 20 heavy (non-hydrogen) atoms. The second kappa shape index (κ2) is 6.01. The van der Waals surface area contributed by atoms with Crippen LogP contribution >= 0.6 is 0 Å². The monoisotopic (exact) mass is 273 g/mol. The molecule has 1 N–H and O–H groups in total. The minimum absolute atomic E-state index is 0.0540. The van der Waals surface area contributed by atoms with Gasteiger partial charge in [-0.1, -0.05) is 6.07 Å². The van der Waals surface area contributed by atoms with Crippen molar-refractivity contribution >= 4 is 11.4 Å². The molecule has 6 heteroatoms. The van der Waals surface area contributed by atoms with Crippen molar-refractivity contribution in [3.05, 3.63) is 57.9 Å². The summed E-state index contributed by atoms with van der Waals surface area (Å²) in [7, 11) is 1.42. The summed E-state index contributed by atoms with van der Waals surface area (Å²) in [4.78, 5) is 14.7. The summed E-state index contributed by atoms with van der Waals surface area (Å²) in [6.07, 6.45) is 3.46. The van der Waals surface area contributed by atoms with Crippen LogP contribution in [-0.4, -0.2) is 17.0 Å². The second-order valence-electron chi connectivity index (χ2n) is 4.27. The molecule has 0 saturated carbocycles. The zero-order valence-corrected chi connectivity index (χ0v) is 11.3. The van der Waals surface area contributed by atoms with Crippen molar-refractivity contribution in [2.75, 3.05) is 12.4 Å². The van der Waals surface area contributed by atoms with Crippen LogP contribution in [-0.2, 0) is 6.54 Å². The SMILES string of the molecule is COc1cccc(NCc2ccncc2C)c1[N+](=O)[O-]. The summed E-state index contributed by atoms with van der Waals surface area (Å²) in [5, 5.41) is 14.2. The molecule has 1 heterocycles. The molecule has 0 bridgehead atoms. The van der Waals surface area contributed by atoms with E-state index in [4.69, 9.17) is 4.74 Å². The molecule has 0 unspecified atom stereocenters. The molecule has 6 nitrogen and oxygen atoms in total. The Balaban J connectivity index is 2.26. The Kier molecular flexibility index (Phi) is 4.14. The number of aromatic nitrogens is 1. The highest BCUT2D eigenvalue weighted by atomic mass is 16.6. The van der Waals surface area contributed by atoms with Gasteiger partial charge >= 0.3 is 5.69 Å². The molecular formula is C14H15N3O3. The number of hydrogen-bond donors (Lipinski definition) is 1. The zero-order chi connectivity index (χ0) is 14.5. The fourth-order valence-electron chi connectivity index (χ4n) is 1.91. The van der Waals surface area contributed by atoms with Crippen molar-refractivity contribution in [2.45, 2.75) is 13.5 Å². The number of pyridine rings is 1. The van der Waals surface area contributed by atoms with E-state index < -0.39 is 4.92 Å². The summed E-state index contributed by atoms with van der Waals surface area (Å²) in [5.41, 5.74) is 2.45. The van der Waals surface area contributed by atoms with E-state index in [1.807, 2.05) is 13.0 Å². The zero-order valence-electron chi connectivity index (χ0n) is 11.3. The van der Waals surface area contributed by atoms with Crippen LogP contribution < -0.4 is 10.1 Å². The van der Waals surface area contributed by atoms with Gasteiger partial charge in [-0.25, -0.2) is 0 Å². The van der Waals surface area contributed by atoms with Crippen molar-refractivity contribution in [3.8, 4) is 5.75 Å². The van der Waals surface area contributed by atoms with Crippen molar-refractivity contribution in [1.29, 1.82) is 0 Å². The predicted molar refractivity (Wildman–Crippen MR) is 75.9 cm³/mol. The number of rotatable bonds is 5. The highest BCUT2D eigenvalue weighted by molar-refractivity contribution is 5.68. The van der Waals surface area contributed by atoms with Crippen LogP contribution in [0, 0.1) is 17.0 Å². The second-order valence-corrected chi connectivity index (χ2v) is 4.27. The fourth-order valence-corrected chi connectivity index (χ4v) is 1.91. The molecular weight excluding hydrogens is 258 g/mol. The predicted octanol–water partition coefficient (Wildman–Crippen LogP) is 2.92. The van der Waals surface area contributed by atoms with Gasteiger partial charge in [0.2, 0.25) is 0 Å². The quantitative estimate of drug-likeness (QED) is 0.669. The van der Waals surface area contributed by atoms with E-state index in [1.54, 1.807) is 30.6 Å². The minimum atomic E-state index is -0.444. The molecule has 0 amide bonds. The number of methoxy groups -OCH3 is 1. The molecule has 0 radical (unpaired) electrons. The van der Waals surface area contributed by atoms with Gasteiger partial charge in [0.1, 0.15) is 5.69 Å². The van der Waals surface area contributed by atoms with Crippen LogP contribution in [0.2, 0.25) is 0 Å². The third-order valence-corrected chi connectivity index (χ3v) is 3.01. The number of ether oxygens (including phenoxy) is 1. The van der Waals surface area contributed by atoms with E-state index in [2.05, 4.69) is 10.3 Å². The number of nitrogens with one attached hydrogen (secondary N) is 1. The number of para-hydroxylation sites is 1. The smallest absolute Gasteiger partial charge is 0.333 e. The van der Waals surface area contributed by atoms with Crippen LogP contribution in [0.1, 0.15) is 11.1 Å². The Morgan fingerprint density at radius 1 is 1.40 bits per heavy atom. The van der Waals surface area contributed by atoms with Gasteiger partial charge in [0.25, 0.3) is 0 Å². The van der Waals surface area contributed by atoms with E-state index >= 15 is 0 Å². The highest BCUT2D eigenvalue weighted by Crippen LogP contribution is 2.34. The fraction of sp³-hybridized carbons (Fsp3) is 0.214. The van der Waals surface area contributed by atoms with Gasteiger partial charge in [-0.15, -0.1) is 0 Å². The Morgan fingerprint density at radius 3 is 2.85 bits per heavy atom. The van der Waals surface area contributed by atoms with Crippen LogP contribution in [0.25, 0.3) is 0 Å². The number of benzene rings is 1. The summed E-state index contributed by atoms with van der Waals surface area (Å²) in [6, 6.07) is 6.83. The summed E-state index contributed by atoms with van der Waals surface area (Å²) in [6.45, 7) is 2.44. The van der Waals surface area contributed by atoms with Gasteiger partial charge in [0.15, 0.2) is 5.75 Å². The summed E-state index contributed by atoms with van der Waals surface area (Å²) in [5.74, 6) is 0.242. The van der Waals surface area contributed by atoms with Crippen LogP contribution in [0.3, 0.4) is 0 Å². The molecule has 1 aromatic heterocycles. The van der Waals surface area contributed by atoms with Gasteiger partial charge in [0, 0.05) is 18.9 Å². The first-order valence-corrected chi connectivity index (χ1v) is 6.08. The molecule has 0 fully saturated rings. The summed E-state index contributed by atoms with van der Waals surface area (Å²) >= 11 is 0. The van der Waals surface area contributed by atoms with Gasteiger partial charge in [-0.2, -0.15) is 0 Å². The van der Waals surface area contributed by atoms with Gasteiger partial charge in [0.05, 0.1) is 12.0 Å². The lowest BCUT2D eigenvalue weighted by Gasteiger charge is -2.10. The van der Waals surface area contributed by atoms with Gasteiger partial charge < -0.3 is 10.1 Å². The first-order chi connectivity index (χ1) is 9.63. The molecule has 1 aromatic carbocycles. The molecule has 0 aliphatic carbocycles. The molecule has 0 aliphatic rings. The Morgan fingerprint density at radius 2 is 2.20 bits per heavy atom. The first kappa shape index (κ1) is 13.8. The number of hydrogen-bond acceptors (Lipinski definition) is 5. The maximum Gasteiger partial charge on any atom is 0.333 e. The Labute approximate surface area is 116 Å². The first-order valence-electron chi connectivity index (χ1n) is 6.08.